The number of hydrogen-bond acceptors (Lipinski definition) is 3. The summed E-state index contributed by atoms with van der Waals surface area (Å²) in [6.45, 7) is 6.02. The molecule has 146 valence electrons. The summed E-state index contributed by atoms with van der Waals surface area (Å²) in [5, 5.41) is 21.7. The largest absolute Gasteiger partial charge is 0.508 e. The summed E-state index contributed by atoms with van der Waals surface area (Å²) in [6, 6.07) is 8.93. The Morgan fingerprint density at radius 1 is 1.11 bits per heavy atom. The molecule has 4 rings (SSSR count). The molecule has 0 aliphatic carbocycles. The Balaban J connectivity index is 1.84. The number of amides is 2. The van der Waals surface area contributed by atoms with Gasteiger partial charge in [0.25, 0.3) is 0 Å². The van der Waals surface area contributed by atoms with Crippen LogP contribution in [0.4, 0.5) is 10.5 Å². The van der Waals surface area contributed by atoms with Gasteiger partial charge < -0.3 is 14.8 Å². The monoisotopic (exact) mass is 491 g/mol. The lowest BCUT2D eigenvalue weighted by Gasteiger charge is -2.21. The lowest BCUT2D eigenvalue weighted by atomic mass is 9.98. The van der Waals surface area contributed by atoms with E-state index in [4.69, 9.17) is 0 Å². The number of aromatic nitrogens is 1. The number of urea groups is 1. The van der Waals surface area contributed by atoms with E-state index in [0.29, 0.717) is 5.56 Å². The minimum Gasteiger partial charge on any atom is -0.508 e. The van der Waals surface area contributed by atoms with Crippen molar-refractivity contribution in [3.63, 3.8) is 0 Å². The van der Waals surface area contributed by atoms with Crippen LogP contribution < -0.4 is 8.43 Å². The van der Waals surface area contributed by atoms with Crippen LogP contribution in [0.25, 0.3) is 10.9 Å². The topological polar surface area (TPSA) is 77.7 Å². The Hall–Kier alpha value is -2.55. The van der Waals surface area contributed by atoms with Crippen molar-refractivity contribution in [1.29, 1.82) is 0 Å². The van der Waals surface area contributed by atoms with Crippen molar-refractivity contribution in [2.75, 3.05) is 4.90 Å². The number of nitrogens with one attached hydrogen (secondary N) is 1. The number of nitrogens with zero attached hydrogens (tertiary/aromatic N) is 2. The first kappa shape index (κ1) is 18.8. The van der Waals surface area contributed by atoms with Crippen LogP contribution in [0.15, 0.2) is 36.5 Å². The summed E-state index contributed by atoms with van der Waals surface area (Å²) in [6.07, 6.45) is 2.07. The van der Waals surface area contributed by atoms with Crippen LogP contribution in [-0.2, 0) is 7.05 Å². The van der Waals surface area contributed by atoms with E-state index in [0.717, 1.165) is 31.3 Å². The van der Waals surface area contributed by atoms with Gasteiger partial charge in [-0.25, -0.2) is 4.79 Å². The minimum absolute atomic E-state index is 0.0185. The summed E-state index contributed by atoms with van der Waals surface area (Å²) in [4.78, 5) is 14.3. The summed E-state index contributed by atoms with van der Waals surface area (Å²) < 4.78 is 5.80. The van der Waals surface area contributed by atoms with Crippen LogP contribution in [-0.4, -0.2) is 24.4 Å². The number of anilines is 1. The summed E-state index contributed by atoms with van der Waals surface area (Å²) in [5.41, 5.74) is 4.36. The zero-order valence-corrected chi connectivity index (χ0v) is 18.3. The maximum Gasteiger partial charge on any atom is 0.335 e. The smallest absolute Gasteiger partial charge is 0.335 e. The fraction of sp³-hybridized carbons (Fsp3) is 0.238. The molecule has 3 aromatic rings. The third-order valence-electron chi connectivity index (χ3n) is 5.04. The number of carbonyl (C=O) groups excluding carboxylic acids is 1. The molecule has 0 unspecified atom stereocenters. The van der Waals surface area contributed by atoms with Gasteiger partial charge in [-0.15, -0.1) is 0 Å². The summed E-state index contributed by atoms with van der Waals surface area (Å²) in [7, 11) is 2.00. The van der Waals surface area contributed by atoms with E-state index in [1.54, 1.807) is 11.0 Å². The van der Waals surface area contributed by atoms with Crippen LogP contribution in [0.2, 0.25) is 0 Å². The third-order valence-corrected chi connectivity index (χ3v) is 7.34. The van der Waals surface area contributed by atoms with Gasteiger partial charge in [0, 0.05) is 56.8 Å². The normalized spacial score (nSPS) is 14.4. The number of aryl methyl sites for hydroxylation is 2. The number of benzene rings is 2. The van der Waals surface area contributed by atoms with Gasteiger partial charge in [0.2, 0.25) is 0 Å². The van der Waals surface area contributed by atoms with Crippen molar-refractivity contribution in [3.05, 3.63) is 53.2 Å². The number of phenols is 2. The number of phenolic OH excluding ortho intramolecular Hbond substituents is 2. The van der Waals surface area contributed by atoms with Crippen LogP contribution in [0.1, 0.15) is 36.5 Å². The number of carbonyl (C=O) groups is 1. The van der Waals surface area contributed by atoms with Gasteiger partial charge in [0.15, 0.2) is 0 Å². The number of fused-ring (bicyclic) bond motifs is 1. The van der Waals surface area contributed by atoms with E-state index in [2.05, 4.69) is 21.2 Å². The van der Waals surface area contributed by atoms with Gasteiger partial charge in [-0.05, 0) is 48.2 Å². The zero-order chi connectivity index (χ0) is 20.2. The maximum atomic E-state index is 12.7. The Labute approximate surface area is 173 Å². The fourth-order valence-electron chi connectivity index (χ4n) is 3.60. The zero-order valence-electron chi connectivity index (χ0n) is 16.1. The minimum atomic E-state index is -0.818. The average Bonchev–Trinajstić information content (AvgIpc) is 3.14. The van der Waals surface area contributed by atoms with E-state index >= 15 is 0 Å². The molecule has 0 saturated heterocycles. The molecule has 3 N–H and O–H groups in total. The van der Waals surface area contributed by atoms with Crippen molar-refractivity contribution in [3.8, 4) is 11.5 Å². The van der Waals surface area contributed by atoms with E-state index in [1.807, 2.05) is 39.1 Å². The first-order valence-electron chi connectivity index (χ1n) is 9.00. The molecule has 2 aromatic carbocycles. The van der Waals surface area contributed by atoms with Gasteiger partial charge in [-0.1, -0.05) is 13.8 Å². The number of aromatic hydroxyl groups is 2. The van der Waals surface area contributed by atoms with E-state index in [9.17, 15) is 15.0 Å². The number of rotatable bonds is 3. The van der Waals surface area contributed by atoms with Crippen LogP contribution >= 0.6 is 21.0 Å². The van der Waals surface area contributed by atoms with Crippen molar-refractivity contribution < 1.29 is 15.0 Å². The molecule has 2 heterocycles. The first-order chi connectivity index (χ1) is 13.3. The Bertz CT molecular complexity index is 1150. The molecule has 7 heteroatoms. The molecule has 0 atom stereocenters. The highest BCUT2D eigenvalue weighted by atomic mass is 127. The molecule has 1 aliphatic heterocycles. The van der Waals surface area contributed by atoms with Crippen molar-refractivity contribution in [2.45, 2.75) is 26.7 Å². The average molecular weight is 491 g/mol. The molecular weight excluding hydrogens is 469 g/mol. The summed E-state index contributed by atoms with van der Waals surface area (Å²) >= 11 is -0.818. The lowest BCUT2D eigenvalue weighted by molar-refractivity contribution is 0.255. The molecule has 0 fully saturated rings. The molecule has 0 bridgehead atoms. The van der Waals surface area contributed by atoms with Gasteiger partial charge in [-0.2, -0.15) is 0 Å². The molecule has 1 aliphatic rings. The second-order valence-electron chi connectivity index (χ2n) is 7.33. The lowest BCUT2D eigenvalue weighted by Crippen LogP contribution is -2.34. The van der Waals surface area contributed by atoms with Crippen molar-refractivity contribution in [1.82, 2.24) is 8.10 Å². The Morgan fingerprint density at radius 2 is 1.86 bits per heavy atom. The second-order valence-corrected chi connectivity index (χ2v) is 9.43. The number of halogens is 1. The van der Waals surface area contributed by atoms with Crippen molar-refractivity contribution >= 4 is 47.3 Å². The predicted molar refractivity (Wildman–Crippen MR) is 121 cm³/mol. The van der Waals surface area contributed by atoms with E-state index in [1.165, 1.54) is 6.07 Å². The third kappa shape index (κ3) is 2.94. The highest BCUT2D eigenvalue weighted by molar-refractivity contribution is 14.2. The van der Waals surface area contributed by atoms with Gasteiger partial charge in [0.1, 0.15) is 15.1 Å². The predicted octanol–water partition coefficient (Wildman–Crippen LogP) is 4.61. The molecule has 6 nitrogen and oxygen atoms in total. The highest BCUT2D eigenvalue weighted by Crippen LogP contribution is 2.37. The van der Waals surface area contributed by atoms with Crippen molar-refractivity contribution in [2.24, 2.45) is 7.05 Å². The first-order valence-corrected chi connectivity index (χ1v) is 11.2. The van der Waals surface area contributed by atoms with E-state index < -0.39 is 21.0 Å². The Kier molecular flexibility index (Phi) is 4.57. The van der Waals surface area contributed by atoms with E-state index in [-0.39, 0.29) is 23.4 Å². The molecule has 2 amide bonds. The van der Waals surface area contributed by atoms with Gasteiger partial charge >= 0.3 is 6.03 Å². The standard InChI is InChI=1S/C21H22IN3O3/c1-11(2)14-8-16(19(27)9-18(14)26)20-22-23-21(28)25(20)13-5-6-17-15(7-13)12(3)10-24(17)4/h5-11,26-27H,1-4H3,(H,23,28). The van der Waals surface area contributed by atoms with Gasteiger partial charge in [0.05, 0.1) is 5.69 Å². The molecular formula is C21H22IN3O3. The van der Waals surface area contributed by atoms with Gasteiger partial charge in [-0.3, -0.25) is 8.43 Å². The maximum absolute atomic E-state index is 12.7. The molecule has 0 saturated carbocycles. The van der Waals surface area contributed by atoms with Crippen LogP contribution in [0, 0.1) is 6.92 Å². The molecule has 0 radical (unpaired) electrons. The summed E-state index contributed by atoms with van der Waals surface area (Å²) in [5.74, 6) is 0.148. The van der Waals surface area contributed by atoms with Crippen LogP contribution in [0.3, 0.4) is 0 Å². The SMILES string of the molecule is Cc1cn(C)c2ccc(N3C(=O)NI=C3c3cc(C(C)C)c(O)cc3O)cc12. The molecule has 0 spiro atoms. The number of hydrogen-bond donors (Lipinski definition) is 3. The molecule has 1 aromatic heterocycles. The Morgan fingerprint density at radius 3 is 2.57 bits per heavy atom. The quantitative estimate of drug-likeness (QED) is 0.370. The molecule has 28 heavy (non-hydrogen) atoms. The highest BCUT2D eigenvalue weighted by Gasteiger charge is 2.30. The van der Waals surface area contributed by atoms with Crippen LogP contribution in [0.5, 0.6) is 11.5 Å². The fourth-order valence-corrected chi connectivity index (χ4v) is 5.79. The second kappa shape index (κ2) is 6.80.